The summed E-state index contributed by atoms with van der Waals surface area (Å²) in [4.78, 5) is 23.6. The fraction of sp³-hybridized carbons (Fsp3) is 0.875. The highest BCUT2D eigenvalue weighted by molar-refractivity contribution is 5.72. The molecule has 0 aromatic heterocycles. The third kappa shape index (κ3) is 4.61. The van der Waals surface area contributed by atoms with Crippen molar-refractivity contribution in [3.05, 3.63) is 0 Å². The van der Waals surface area contributed by atoms with Crippen molar-refractivity contribution in [2.45, 2.75) is 78.4 Å². The first-order valence-electron chi connectivity index (χ1n) is 7.82. The minimum Gasteiger partial charge on any atom is -0.481 e. The summed E-state index contributed by atoms with van der Waals surface area (Å²) >= 11 is 0. The number of amides is 1. The first kappa shape index (κ1) is 17.8. The molecule has 21 heavy (non-hydrogen) atoms. The van der Waals surface area contributed by atoms with Crippen LogP contribution in [0.5, 0.6) is 0 Å². The summed E-state index contributed by atoms with van der Waals surface area (Å²) in [6, 6.07) is -0.151. The number of hydrogen-bond acceptors (Lipinski definition) is 3. The van der Waals surface area contributed by atoms with Crippen molar-refractivity contribution in [1.29, 1.82) is 0 Å². The lowest BCUT2D eigenvalue weighted by molar-refractivity contribution is -0.148. The number of ether oxygens (including phenoxy) is 1. The van der Waals surface area contributed by atoms with Crippen LogP contribution < -0.4 is 5.32 Å². The van der Waals surface area contributed by atoms with Crippen molar-refractivity contribution in [2.75, 3.05) is 0 Å². The number of aliphatic carboxylic acids is 1. The molecule has 0 heterocycles. The molecule has 5 nitrogen and oxygen atoms in total. The molecule has 122 valence electrons. The predicted octanol–water partition coefficient (Wildman–Crippen LogP) is 3.57. The molecule has 0 spiro atoms. The van der Waals surface area contributed by atoms with E-state index in [1.807, 2.05) is 34.6 Å². The van der Waals surface area contributed by atoms with Crippen LogP contribution in [0, 0.1) is 11.3 Å². The molecular formula is C16H29NO4. The van der Waals surface area contributed by atoms with Gasteiger partial charge in [-0.3, -0.25) is 4.79 Å². The number of alkyl carbamates (subject to hydrolysis) is 1. The summed E-state index contributed by atoms with van der Waals surface area (Å²) in [5, 5.41) is 12.4. The van der Waals surface area contributed by atoms with Crippen molar-refractivity contribution >= 4 is 12.1 Å². The van der Waals surface area contributed by atoms with E-state index in [1.165, 1.54) is 0 Å². The van der Waals surface area contributed by atoms with Gasteiger partial charge in [0.05, 0.1) is 5.92 Å². The Balaban J connectivity index is 2.86. The zero-order valence-electron chi connectivity index (χ0n) is 13.9. The summed E-state index contributed by atoms with van der Waals surface area (Å²) in [5.41, 5.74) is -0.970. The van der Waals surface area contributed by atoms with Gasteiger partial charge in [-0.1, -0.05) is 26.7 Å². The second-order valence-corrected chi connectivity index (χ2v) is 7.25. The molecule has 0 aromatic carbocycles. The maximum Gasteiger partial charge on any atom is 0.407 e. The molecule has 1 saturated carbocycles. The average molecular weight is 299 g/mol. The topological polar surface area (TPSA) is 75.6 Å². The summed E-state index contributed by atoms with van der Waals surface area (Å²) < 4.78 is 5.31. The van der Waals surface area contributed by atoms with Crippen molar-refractivity contribution in [1.82, 2.24) is 5.32 Å². The standard InChI is InChI=1S/C16H29NO4/c1-6-11(13(18)19)16(5)10-8-7-9-12(16)17-14(20)21-15(2,3)4/h11-12H,6-10H2,1-5H3,(H,17,20)(H,18,19)/t11-,12+,16+/m1/s1. The van der Waals surface area contributed by atoms with E-state index in [1.54, 1.807) is 0 Å². The highest BCUT2D eigenvalue weighted by atomic mass is 16.6. The van der Waals surface area contributed by atoms with E-state index in [0.717, 1.165) is 25.7 Å². The smallest absolute Gasteiger partial charge is 0.407 e. The van der Waals surface area contributed by atoms with Gasteiger partial charge in [0.1, 0.15) is 5.60 Å². The van der Waals surface area contributed by atoms with E-state index in [2.05, 4.69) is 5.32 Å². The SMILES string of the molecule is CC[C@H](C(=O)O)[C@]1(C)CCCC[C@@H]1NC(=O)OC(C)(C)C. The number of nitrogens with one attached hydrogen (secondary N) is 1. The molecule has 0 aliphatic heterocycles. The molecule has 0 unspecified atom stereocenters. The van der Waals surface area contributed by atoms with Crippen molar-refractivity contribution in [2.24, 2.45) is 11.3 Å². The van der Waals surface area contributed by atoms with Gasteiger partial charge in [0.25, 0.3) is 0 Å². The summed E-state index contributed by atoms with van der Waals surface area (Å²) in [5.74, 6) is -1.23. The fourth-order valence-corrected chi connectivity index (χ4v) is 3.39. The van der Waals surface area contributed by atoms with Crippen LogP contribution in [0.4, 0.5) is 4.79 Å². The molecule has 1 rings (SSSR count). The minimum atomic E-state index is -0.780. The van der Waals surface area contributed by atoms with Gasteiger partial charge in [-0.2, -0.15) is 0 Å². The van der Waals surface area contributed by atoms with Crippen LogP contribution in [0.25, 0.3) is 0 Å². The third-order valence-electron chi connectivity index (χ3n) is 4.45. The van der Waals surface area contributed by atoms with Gasteiger partial charge < -0.3 is 15.2 Å². The second-order valence-electron chi connectivity index (χ2n) is 7.25. The monoisotopic (exact) mass is 299 g/mol. The lowest BCUT2D eigenvalue weighted by Gasteiger charge is -2.45. The van der Waals surface area contributed by atoms with Crippen molar-refractivity contribution < 1.29 is 19.4 Å². The van der Waals surface area contributed by atoms with E-state index in [9.17, 15) is 14.7 Å². The number of carbonyl (C=O) groups is 2. The van der Waals surface area contributed by atoms with Gasteiger partial charge in [0, 0.05) is 11.5 Å². The van der Waals surface area contributed by atoms with Gasteiger partial charge in [-0.15, -0.1) is 0 Å². The summed E-state index contributed by atoms with van der Waals surface area (Å²) in [6.07, 6.45) is 3.75. The Morgan fingerprint density at radius 3 is 2.48 bits per heavy atom. The number of rotatable bonds is 4. The maximum absolute atomic E-state index is 12.0. The first-order valence-corrected chi connectivity index (χ1v) is 7.82. The molecule has 1 aliphatic rings. The van der Waals surface area contributed by atoms with Gasteiger partial charge in [-0.05, 0) is 40.0 Å². The Morgan fingerprint density at radius 2 is 2.00 bits per heavy atom. The molecule has 3 atom stereocenters. The maximum atomic E-state index is 12.0. The van der Waals surface area contributed by atoms with Crippen LogP contribution >= 0.6 is 0 Å². The molecule has 0 aromatic rings. The number of carbonyl (C=O) groups excluding carboxylic acids is 1. The van der Waals surface area contributed by atoms with Gasteiger partial charge in [0.2, 0.25) is 0 Å². The van der Waals surface area contributed by atoms with Crippen LogP contribution in [0.1, 0.15) is 66.7 Å². The summed E-state index contributed by atoms with van der Waals surface area (Å²) in [6.45, 7) is 9.33. The highest BCUT2D eigenvalue weighted by Crippen LogP contribution is 2.44. The zero-order chi connectivity index (χ0) is 16.3. The quantitative estimate of drug-likeness (QED) is 0.832. The molecule has 2 N–H and O–H groups in total. The molecular weight excluding hydrogens is 270 g/mol. The predicted molar refractivity (Wildman–Crippen MR) is 81.1 cm³/mol. The fourth-order valence-electron chi connectivity index (χ4n) is 3.39. The van der Waals surface area contributed by atoms with E-state index in [4.69, 9.17) is 4.74 Å². The average Bonchev–Trinajstić information content (AvgIpc) is 2.30. The minimum absolute atomic E-state index is 0.151. The third-order valence-corrected chi connectivity index (χ3v) is 4.45. The molecule has 1 aliphatic carbocycles. The lowest BCUT2D eigenvalue weighted by atomic mass is 9.63. The Morgan fingerprint density at radius 1 is 1.38 bits per heavy atom. The first-order chi connectivity index (χ1) is 9.60. The molecule has 1 amide bonds. The van der Waals surface area contributed by atoms with E-state index in [0.29, 0.717) is 6.42 Å². The van der Waals surface area contributed by atoms with Crippen LogP contribution in [-0.2, 0) is 9.53 Å². The zero-order valence-corrected chi connectivity index (χ0v) is 13.9. The van der Waals surface area contributed by atoms with Crippen LogP contribution in [0.3, 0.4) is 0 Å². The van der Waals surface area contributed by atoms with E-state index in [-0.39, 0.29) is 6.04 Å². The van der Waals surface area contributed by atoms with E-state index < -0.39 is 29.0 Å². The lowest BCUT2D eigenvalue weighted by Crippen LogP contribution is -2.54. The van der Waals surface area contributed by atoms with Crippen molar-refractivity contribution in [3.63, 3.8) is 0 Å². The molecule has 5 heteroatoms. The van der Waals surface area contributed by atoms with Gasteiger partial charge in [0.15, 0.2) is 0 Å². The molecule has 0 bridgehead atoms. The Hall–Kier alpha value is -1.26. The van der Waals surface area contributed by atoms with Crippen LogP contribution in [-0.4, -0.2) is 28.8 Å². The Bertz CT molecular complexity index is 388. The van der Waals surface area contributed by atoms with Crippen LogP contribution in [0.15, 0.2) is 0 Å². The van der Waals surface area contributed by atoms with Gasteiger partial charge in [-0.25, -0.2) is 4.79 Å². The Kier molecular flexibility index (Phi) is 5.65. The number of carboxylic acid groups (broad SMARTS) is 1. The van der Waals surface area contributed by atoms with E-state index >= 15 is 0 Å². The molecule has 0 radical (unpaired) electrons. The largest absolute Gasteiger partial charge is 0.481 e. The second kappa shape index (κ2) is 6.67. The normalized spacial score (nSPS) is 27.8. The summed E-state index contributed by atoms with van der Waals surface area (Å²) in [7, 11) is 0. The molecule has 0 saturated heterocycles. The molecule has 1 fully saturated rings. The number of carboxylic acids is 1. The highest BCUT2D eigenvalue weighted by Gasteiger charge is 2.46. The number of hydrogen-bond donors (Lipinski definition) is 2. The Labute approximate surface area is 127 Å². The van der Waals surface area contributed by atoms with Crippen LogP contribution in [0.2, 0.25) is 0 Å². The van der Waals surface area contributed by atoms with Gasteiger partial charge >= 0.3 is 12.1 Å². The van der Waals surface area contributed by atoms with Crippen molar-refractivity contribution in [3.8, 4) is 0 Å².